The topological polar surface area (TPSA) is 23.8 Å². The van der Waals surface area contributed by atoms with Crippen molar-refractivity contribution in [3.05, 3.63) is 0 Å². The van der Waals surface area contributed by atoms with Crippen molar-refractivity contribution in [1.29, 1.82) is 5.26 Å². The van der Waals surface area contributed by atoms with Gasteiger partial charge < -0.3 is 0 Å². The standard InChI is InChI=1S/C22H35N/c1-4-16-13-15(14-23)20-18-9-8-17-7-5-6-11-21(17,2)19(18)10-12-22(16,20)3/h15-20H,4-13H2,1-3H3/t15?,16-,17?,18+,19-,20-,21-,22+/m0/s1. The summed E-state index contributed by atoms with van der Waals surface area (Å²) < 4.78 is 0. The molecule has 1 heteroatoms. The zero-order valence-electron chi connectivity index (χ0n) is 15.5. The molecule has 0 aromatic heterocycles. The number of rotatable bonds is 1. The van der Waals surface area contributed by atoms with Crippen LogP contribution in [-0.2, 0) is 0 Å². The van der Waals surface area contributed by atoms with E-state index in [0.29, 0.717) is 22.7 Å². The van der Waals surface area contributed by atoms with Crippen LogP contribution in [-0.4, -0.2) is 0 Å². The van der Waals surface area contributed by atoms with Crippen LogP contribution >= 0.6 is 0 Å². The predicted octanol–water partition coefficient (Wildman–Crippen LogP) is 6.20. The molecule has 23 heavy (non-hydrogen) atoms. The summed E-state index contributed by atoms with van der Waals surface area (Å²) in [7, 11) is 0. The summed E-state index contributed by atoms with van der Waals surface area (Å²) >= 11 is 0. The van der Waals surface area contributed by atoms with E-state index < -0.39 is 0 Å². The lowest BCUT2D eigenvalue weighted by atomic mass is 9.44. The van der Waals surface area contributed by atoms with Crippen molar-refractivity contribution in [2.45, 2.75) is 85.0 Å². The summed E-state index contributed by atoms with van der Waals surface area (Å²) in [5.74, 6) is 4.62. The predicted molar refractivity (Wildman–Crippen MR) is 94.6 cm³/mol. The van der Waals surface area contributed by atoms with Crippen LogP contribution in [0.1, 0.15) is 85.0 Å². The maximum atomic E-state index is 9.87. The van der Waals surface area contributed by atoms with Gasteiger partial charge in [0.15, 0.2) is 0 Å². The molecular weight excluding hydrogens is 278 g/mol. The summed E-state index contributed by atoms with van der Waals surface area (Å²) in [6.45, 7) is 7.57. The Morgan fingerprint density at radius 2 is 1.83 bits per heavy atom. The number of hydrogen-bond acceptors (Lipinski definition) is 1. The molecule has 0 amide bonds. The fourth-order valence-corrected chi connectivity index (χ4v) is 8.30. The normalized spacial score (nSPS) is 55.4. The van der Waals surface area contributed by atoms with Gasteiger partial charge in [-0.1, -0.05) is 40.0 Å². The van der Waals surface area contributed by atoms with Gasteiger partial charge in [0.2, 0.25) is 0 Å². The SMILES string of the molecule is CC[C@H]1CC(C#N)[C@H]2[C@@H]3CCC4CCCC[C@]4(C)[C@H]3CC[C@]12C. The molecule has 1 nitrogen and oxygen atoms in total. The number of nitrogens with zero attached hydrogens (tertiary/aromatic N) is 1. The highest BCUT2D eigenvalue weighted by Crippen LogP contribution is 2.68. The number of hydrogen-bond donors (Lipinski definition) is 0. The van der Waals surface area contributed by atoms with Gasteiger partial charge in [-0.3, -0.25) is 0 Å². The van der Waals surface area contributed by atoms with Crippen LogP contribution in [0.3, 0.4) is 0 Å². The fourth-order valence-electron chi connectivity index (χ4n) is 8.30. The fraction of sp³-hybridized carbons (Fsp3) is 0.955. The maximum Gasteiger partial charge on any atom is 0.0659 e. The highest BCUT2D eigenvalue weighted by atomic mass is 14.7. The van der Waals surface area contributed by atoms with E-state index in [0.717, 1.165) is 23.7 Å². The van der Waals surface area contributed by atoms with E-state index >= 15 is 0 Å². The third-order valence-corrected chi connectivity index (χ3v) is 9.44. The number of nitriles is 1. The van der Waals surface area contributed by atoms with Gasteiger partial charge in [-0.15, -0.1) is 0 Å². The zero-order valence-corrected chi connectivity index (χ0v) is 15.5. The molecule has 2 unspecified atom stereocenters. The van der Waals surface area contributed by atoms with Crippen molar-refractivity contribution < 1.29 is 0 Å². The van der Waals surface area contributed by atoms with E-state index in [4.69, 9.17) is 0 Å². The first kappa shape index (κ1) is 16.0. The van der Waals surface area contributed by atoms with Crippen molar-refractivity contribution in [2.24, 2.45) is 46.3 Å². The Morgan fingerprint density at radius 1 is 1.00 bits per heavy atom. The van der Waals surface area contributed by atoms with E-state index in [1.807, 2.05) is 0 Å². The average Bonchev–Trinajstić information content (AvgIpc) is 2.86. The van der Waals surface area contributed by atoms with E-state index in [1.165, 1.54) is 64.2 Å². The van der Waals surface area contributed by atoms with Crippen LogP contribution in [0.25, 0.3) is 0 Å². The largest absolute Gasteiger partial charge is 0.198 e. The maximum absolute atomic E-state index is 9.87. The van der Waals surface area contributed by atoms with Crippen LogP contribution in [0, 0.1) is 57.7 Å². The van der Waals surface area contributed by atoms with Gasteiger partial charge in [0.1, 0.15) is 0 Å². The molecule has 0 saturated heterocycles. The van der Waals surface area contributed by atoms with Gasteiger partial charge in [0.05, 0.1) is 12.0 Å². The van der Waals surface area contributed by atoms with E-state index in [2.05, 4.69) is 26.8 Å². The second-order valence-corrected chi connectivity index (χ2v) is 9.94. The average molecular weight is 314 g/mol. The Labute approximate surface area is 143 Å². The molecule has 0 aromatic rings. The van der Waals surface area contributed by atoms with Crippen LogP contribution in [0.2, 0.25) is 0 Å². The lowest BCUT2D eigenvalue weighted by Gasteiger charge is -2.60. The quantitative estimate of drug-likeness (QED) is 0.565. The molecule has 0 N–H and O–H groups in total. The highest BCUT2D eigenvalue weighted by molar-refractivity contribution is 5.14. The smallest absolute Gasteiger partial charge is 0.0659 e. The van der Waals surface area contributed by atoms with Crippen LogP contribution in [0.4, 0.5) is 0 Å². The van der Waals surface area contributed by atoms with Gasteiger partial charge >= 0.3 is 0 Å². The molecular formula is C22H35N. The van der Waals surface area contributed by atoms with Crippen molar-refractivity contribution >= 4 is 0 Å². The molecule has 0 aromatic carbocycles. The van der Waals surface area contributed by atoms with Gasteiger partial charge in [-0.25, -0.2) is 0 Å². The van der Waals surface area contributed by atoms with Gasteiger partial charge in [-0.05, 0) is 85.4 Å². The first-order chi connectivity index (χ1) is 11.0. The van der Waals surface area contributed by atoms with Crippen LogP contribution in [0.5, 0.6) is 0 Å². The zero-order chi connectivity index (χ0) is 16.2. The van der Waals surface area contributed by atoms with Crippen LogP contribution < -0.4 is 0 Å². The van der Waals surface area contributed by atoms with Crippen molar-refractivity contribution in [2.75, 3.05) is 0 Å². The second-order valence-electron chi connectivity index (χ2n) is 9.94. The van der Waals surface area contributed by atoms with E-state index in [1.54, 1.807) is 0 Å². The molecule has 8 atom stereocenters. The Balaban J connectivity index is 1.68. The summed E-state index contributed by atoms with van der Waals surface area (Å²) in [5, 5.41) is 9.87. The summed E-state index contributed by atoms with van der Waals surface area (Å²) in [6, 6.07) is 2.77. The molecule has 0 bridgehead atoms. The minimum absolute atomic E-state index is 0.349. The van der Waals surface area contributed by atoms with Crippen molar-refractivity contribution in [1.82, 2.24) is 0 Å². The first-order valence-corrected chi connectivity index (χ1v) is 10.4. The van der Waals surface area contributed by atoms with Crippen molar-refractivity contribution in [3.63, 3.8) is 0 Å². The molecule has 4 saturated carbocycles. The molecule has 4 rings (SSSR count). The molecule has 4 aliphatic rings. The van der Waals surface area contributed by atoms with E-state index in [9.17, 15) is 5.26 Å². The molecule has 4 aliphatic carbocycles. The Bertz CT molecular complexity index is 505. The van der Waals surface area contributed by atoms with E-state index in [-0.39, 0.29) is 0 Å². The summed E-state index contributed by atoms with van der Waals surface area (Å²) in [6.07, 6.45) is 14.1. The highest BCUT2D eigenvalue weighted by Gasteiger charge is 2.62. The Morgan fingerprint density at radius 3 is 2.57 bits per heavy atom. The first-order valence-electron chi connectivity index (χ1n) is 10.4. The lowest BCUT2D eigenvalue weighted by Crippen LogP contribution is -2.53. The van der Waals surface area contributed by atoms with Crippen LogP contribution in [0.15, 0.2) is 0 Å². The van der Waals surface area contributed by atoms with Gasteiger partial charge in [0.25, 0.3) is 0 Å². The molecule has 0 spiro atoms. The van der Waals surface area contributed by atoms with Crippen molar-refractivity contribution in [3.8, 4) is 6.07 Å². The van der Waals surface area contributed by atoms with Gasteiger partial charge in [-0.2, -0.15) is 5.26 Å². The number of fused-ring (bicyclic) bond motifs is 5. The summed E-state index contributed by atoms with van der Waals surface area (Å²) in [5.41, 5.74) is 1.07. The second kappa shape index (κ2) is 5.50. The molecule has 0 aliphatic heterocycles. The molecule has 128 valence electrons. The minimum atomic E-state index is 0.349. The third-order valence-electron chi connectivity index (χ3n) is 9.44. The Kier molecular flexibility index (Phi) is 3.82. The minimum Gasteiger partial charge on any atom is -0.198 e. The Hall–Kier alpha value is -0.510. The molecule has 0 radical (unpaired) electrons. The molecule has 0 heterocycles. The molecule has 4 fully saturated rings. The third kappa shape index (κ3) is 2.09. The summed E-state index contributed by atoms with van der Waals surface area (Å²) in [4.78, 5) is 0. The van der Waals surface area contributed by atoms with Gasteiger partial charge in [0, 0.05) is 0 Å². The lowest BCUT2D eigenvalue weighted by molar-refractivity contribution is -0.115. The monoisotopic (exact) mass is 313 g/mol.